The van der Waals surface area contributed by atoms with Crippen LogP contribution in [-0.2, 0) is 0 Å². The molecule has 0 radical (unpaired) electrons. The topological polar surface area (TPSA) is 24.9 Å². The van der Waals surface area contributed by atoms with Gasteiger partial charge in [-0.2, -0.15) is 11.8 Å². The summed E-state index contributed by atoms with van der Waals surface area (Å²) in [6, 6.07) is 1.91. The molecule has 1 aromatic heterocycles. The van der Waals surface area contributed by atoms with E-state index in [2.05, 4.69) is 10.3 Å². The zero-order valence-corrected chi connectivity index (χ0v) is 9.56. The Bertz CT molecular complexity index is 326. The summed E-state index contributed by atoms with van der Waals surface area (Å²) in [5, 5.41) is 3.22. The molecular formula is C11H15FN2S. The normalized spacial score (nSPS) is 22.9. The van der Waals surface area contributed by atoms with Gasteiger partial charge in [0, 0.05) is 17.8 Å². The first-order valence-corrected chi connectivity index (χ1v) is 6.33. The average molecular weight is 226 g/mol. The number of rotatable bonds is 3. The van der Waals surface area contributed by atoms with Gasteiger partial charge in [0.1, 0.15) is 5.82 Å². The third-order valence-corrected chi connectivity index (χ3v) is 4.07. The maximum absolute atomic E-state index is 13.6. The van der Waals surface area contributed by atoms with Gasteiger partial charge < -0.3 is 5.32 Å². The van der Waals surface area contributed by atoms with Gasteiger partial charge in [0.15, 0.2) is 0 Å². The van der Waals surface area contributed by atoms with Crippen molar-refractivity contribution in [2.24, 2.45) is 5.92 Å². The highest BCUT2D eigenvalue weighted by Gasteiger charge is 2.27. The minimum atomic E-state index is -0.200. The Balaban J connectivity index is 2.22. The van der Waals surface area contributed by atoms with Crippen molar-refractivity contribution in [2.75, 3.05) is 18.6 Å². The quantitative estimate of drug-likeness (QED) is 0.855. The molecule has 0 aromatic carbocycles. The zero-order chi connectivity index (χ0) is 10.7. The molecule has 0 aliphatic carbocycles. The zero-order valence-electron chi connectivity index (χ0n) is 8.74. The van der Waals surface area contributed by atoms with Crippen molar-refractivity contribution >= 4 is 11.8 Å². The van der Waals surface area contributed by atoms with Gasteiger partial charge in [0.25, 0.3) is 0 Å². The minimum Gasteiger partial charge on any atom is -0.313 e. The van der Waals surface area contributed by atoms with E-state index in [0.29, 0.717) is 5.92 Å². The molecule has 1 saturated heterocycles. The van der Waals surface area contributed by atoms with Crippen LogP contribution in [-0.4, -0.2) is 23.5 Å². The van der Waals surface area contributed by atoms with Crippen LogP contribution in [0.3, 0.4) is 0 Å². The molecule has 82 valence electrons. The van der Waals surface area contributed by atoms with E-state index in [1.807, 2.05) is 18.8 Å². The molecule has 1 N–H and O–H groups in total. The van der Waals surface area contributed by atoms with Crippen molar-refractivity contribution in [3.05, 3.63) is 29.8 Å². The lowest BCUT2D eigenvalue weighted by molar-refractivity contribution is 0.403. The molecule has 0 saturated carbocycles. The fraction of sp³-hybridized carbons (Fsp3) is 0.545. The number of hydrogen-bond acceptors (Lipinski definition) is 3. The van der Waals surface area contributed by atoms with E-state index in [1.165, 1.54) is 11.9 Å². The van der Waals surface area contributed by atoms with Crippen LogP contribution >= 0.6 is 11.8 Å². The minimum absolute atomic E-state index is 0.128. The van der Waals surface area contributed by atoms with Crippen LogP contribution < -0.4 is 5.32 Å². The summed E-state index contributed by atoms with van der Waals surface area (Å²) >= 11 is 1.95. The van der Waals surface area contributed by atoms with Gasteiger partial charge in [-0.3, -0.25) is 4.98 Å². The highest BCUT2D eigenvalue weighted by molar-refractivity contribution is 7.99. The standard InChI is InChI=1S/C11H15FN2S/c1-13-11(8-3-5-15-7-8)9-2-4-14-6-10(9)12/h2,4,6,8,11,13H,3,5,7H2,1H3. The summed E-state index contributed by atoms with van der Waals surface area (Å²) in [4.78, 5) is 3.78. The van der Waals surface area contributed by atoms with E-state index in [0.717, 1.165) is 17.7 Å². The van der Waals surface area contributed by atoms with Gasteiger partial charge in [-0.1, -0.05) is 0 Å². The Labute approximate surface area is 93.7 Å². The van der Waals surface area contributed by atoms with Gasteiger partial charge in [0.2, 0.25) is 0 Å². The van der Waals surface area contributed by atoms with Crippen molar-refractivity contribution in [2.45, 2.75) is 12.5 Å². The summed E-state index contributed by atoms with van der Waals surface area (Å²) in [5.41, 5.74) is 0.750. The molecule has 2 unspecified atom stereocenters. The molecule has 2 rings (SSSR count). The molecule has 1 aromatic rings. The monoisotopic (exact) mass is 226 g/mol. The Morgan fingerprint density at radius 1 is 1.67 bits per heavy atom. The first-order valence-electron chi connectivity index (χ1n) is 5.17. The summed E-state index contributed by atoms with van der Waals surface area (Å²) in [6.07, 6.45) is 4.12. The molecule has 1 aliphatic heterocycles. The maximum Gasteiger partial charge on any atom is 0.146 e. The van der Waals surface area contributed by atoms with Crippen LogP contribution in [0.25, 0.3) is 0 Å². The van der Waals surface area contributed by atoms with Crippen molar-refractivity contribution < 1.29 is 4.39 Å². The predicted octanol–water partition coefficient (Wildman–Crippen LogP) is 2.23. The van der Waals surface area contributed by atoms with Gasteiger partial charge in [-0.15, -0.1) is 0 Å². The van der Waals surface area contributed by atoms with E-state index in [9.17, 15) is 4.39 Å². The van der Waals surface area contributed by atoms with Crippen LogP contribution in [0.4, 0.5) is 4.39 Å². The SMILES string of the molecule is CNC(c1ccncc1F)C1CCSC1. The number of thioether (sulfide) groups is 1. The first-order chi connectivity index (χ1) is 7.33. The van der Waals surface area contributed by atoms with E-state index in [4.69, 9.17) is 0 Å². The highest BCUT2D eigenvalue weighted by atomic mass is 32.2. The van der Waals surface area contributed by atoms with Crippen LogP contribution in [0.15, 0.2) is 18.5 Å². The molecule has 2 atom stereocenters. The lowest BCUT2D eigenvalue weighted by atomic mass is 9.93. The fourth-order valence-corrected chi connectivity index (χ4v) is 3.40. The number of aromatic nitrogens is 1. The number of pyridine rings is 1. The van der Waals surface area contributed by atoms with Crippen LogP contribution in [0.5, 0.6) is 0 Å². The third kappa shape index (κ3) is 2.32. The summed E-state index contributed by atoms with van der Waals surface area (Å²) in [5.74, 6) is 2.65. The van der Waals surface area contributed by atoms with Gasteiger partial charge >= 0.3 is 0 Å². The van der Waals surface area contributed by atoms with Crippen molar-refractivity contribution in [3.8, 4) is 0 Å². The number of nitrogens with zero attached hydrogens (tertiary/aromatic N) is 1. The maximum atomic E-state index is 13.6. The molecule has 0 bridgehead atoms. The van der Waals surface area contributed by atoms with E-state index in [1.54, 1.807) is 12.3 Å². The second-order valence-electron chi connectivity index (χ2n) is 3.79. The number of halogens is 1. The van der Waals surface area contributed by atoms with Crippen LogP contribution in [0.2, 0.25) is 0 Å². The Hall–Kier alpha value is -0.610. The number of nitrogens with one attached hydrogen (secondary N) is 1. The molecule has 1 fully saturated rings. The first kappa shape index (κ1) is 10.9. The van der Waals surface area contributed by atoms with E-state index >= 15 is 0 Å². The molecule has 15 heavy (non-hydrogen) atoms. The number of hydrogen-bond donors (Lipinski definition) is 1. The summed E-state index contributed by atoms with van der Waals surface area (Å²) < 4.78 is 13.6. The van der Waals surface area contributed by atoms with Crippen LogP contribution in [0.1, 0.15) is 18.0 Å². The van der Waals surface area contributed by atoms with Gasteiger partial charge in [0.05, 0.1) is 6.20 Å². The molecule has 0 amide bonds. The van der Waals surface area contributed by atoms with E-state index in [-0.39, 0.29) is 11.9 Å². The van der Waals surface area contributed by atoms with Gasteiger partial charge in [-0.05, 0) is 37.0 Å². The van der Waals surface area contributed by atoms with Gasteiger partial charge in [-0.25, -0.2) is 4.39 Å². The Morgan fingerprint density at radius 2 is 2.53 bits per heavy atom. The second kappa shape index (κ2) is 4.94. The Kier molecular flexibility index (Phi) is 3.59. The van der Waals surface area contributed by atoms with E-state index < -0.39 is 0 Å². The third-order valence-electron chi connectivity index (χ3n) is 2.89. The smallest absolute Gasteiger partial charge is 0.146 e. The van der Waals surface area contributed by atoms with Crippen LogP contribution in [0, 0.1) is 11.7 Å². The molecule has 2 nitrogen and oxygen atoms in total. The predicted molar refractivity (Wildman–Crippen MR) is 61.4 cm³/mol. The fourth-order valence-electron chi connectivity index (χ4n) is 2.10. The summed E-state index contributed by atoms with van der Waals surface area (Å²) in [6.45, 7) is 0. The molecule has 1 aliphatic rings. The largest absolute Gasteiger partial charge is 0.313 e. The molecule has 0 spiro atoms. The van der Waals surface area contributed by atoms with Crippen molar-refractivity contribution in [3.63, 3.8) is 0 Å². The van der Waals surface area contributed by atoms with Crippen molar-refractivity contribution in [1.29, 1.82) is 0 Å². The second-order valence-corrected chi connectivity index (χ2v) is 4.94. The average Bonchev–Trinajstić information content (AvgIpc) is 2.75. The molecule has 4 heteroatoms. The highest BCUT2D eigenvalue weighted by Crippen LogP contribution is 2.34. The lowest BCUT2D eigenvalue weighted by Crippen LogP contribution is -2.26. The molecule has 2 heterocycles. The molecular weight excluding hydrogens is 211 g/mol. The summed E-state index contributed by atoms with van der Waals surface area (Å²) in [7, 11) is 1.90. The lowest BCUT2D eigenvalue weighted by Gasteiger charge is -2.22. The van der Waals surface area contributed by atoms with Crippen molar-refractivity contribution in [1.82, 2.24) is 10.3 Å². The Morgan fingerprint density at radius 3 is 3.13 bits per heavy atom.